The van der Waals surface area contributed by atoms with Gasteiger partial charge >= 0.3 is 5.97 Å². The number of rotatable bonds is 5. The molecule has 18 heavy (non-hydrogen) atoms. The van der Waals surface area contributed by atoms with Crippen LogP contribution in [0.3, 0.4) is 0 Å². The van der Waals surface area contributed by atoms with E-state index in [0.29, 0.717) is 5.69 Å². The Morgan fingerprint density at radius 1 is 1.50 bits per heavy atom. The van der Waals surface area contributed by atoms with Crippen LogP contribution < -0.4 is 11.1 Å². The van der Waals surface area contributed by atoms with Crippen LogP contribution in [0.2, 0.25) is 0 Å². The number of carbonyl (C=O) groups excluding carboxylic acids is 1. The summed E-state index contributed by atoms with van der Waals surface area (Å²) in [6.07, 6.45) is 2.97. The first kappa shape index (κ1) is 13.8. The average Bonchev–Trinajstić information content (AvgIpc) is 2.33. The Kier molecular flexibility index (Phi) is 4.92. The van der Waals surface area contributed by atoms with Crippen molar-refractivity contribution in [3.8, 4) is 0 Å². The molecule has 1 amide bonds. The van der Waals surface area contributed by atoms with Crippen molar-refractivity contribution in [2.75, 3.05) is 12.3 Å². The highest BCUT2D eigenvalue weighted by atomic mass is 16.4. The van der Waals surface area contributed by atoms with Crippen LogP contribution in [0.25, 0.3) is 6.08 Å². The van der Waals surface area contributed by atoms with Crippen LogP contribution in [0.5, 0.6) is 0 Å². The van der Waals surface area contributed by atoms with Gasteiger partial charge in [0.25, 0.3) is 0 Å². The molecule has 1 rings (SSSR count). The number of amides is 1. The largest absolute Gasteiger partial charge is 0.481 e. The fourth-order valence-corrected chi connectivity index (χ4v) is 1.23. The summed E-state index contributed by atoms with van der Waals surface area (Å²) >= 11 is 0. The summed E-state index contributed by atoms with van der Waals surface area (Å²) in [5.41, 5.74) is 7.04. The van der Waals surface area contributed by atoms with Crippen LogP contribution >= 0.6 is 0 Å². The van der Waals surface area contributed by atoms with Crippen molar-refractivity contribution in [3.63, 3.8) is 0 Å². The van der Waals surface area contributed by atoms with Crippen molar-refractivity contribution < 1.29 is 14.7 Å². The van der Waals surface area contributed by atoms with Gasteiger partial charge in [0.05, 0.1) is 5.92 Å². The van der Waals surface area contributed by atoms with E-state index in [0.717, 1.165) is 5.56 Å². The molecule has 0 fully saturated rings. The van der Waals surface area contributed by atoms with Crippen molar-refractivity contribution in [1.82, 2.24) is 5.32 Å². The second-order valence-corrected chi connectivity index (χ2v) is 3.99. The quantitative estimate of drug-likeness (QED) is 0.537. The summed E-state index contributed by atoms with van der Waals surface area (Å²) in [5.74, 6) is -1.87. The number of nitrogens with two attached hydrogens (primary N) is 1. The Balaban J connectivity index is 2.47. The van der Waals surface area contributed by atoms with Crippen LogP contribution in [0.1, 0.15) is 12.5 Å². The minimum atomic E-state index is -0.935. The number of carbonyl (C=O) groups is 2. The lowest BCUT2D eigenvalue weighted by Gasteiger charge is -2.05. The van der Waals surface area contributed by atoms with Crippen LogP contribution in [0.4, 0.5) is 5.69 Å². The maximum absolute atomic E-state index is 11.4. The molecule has 0 radical (unpaired) electrons. The van der Waals surface area contributed by atoms with E-state index < -0.39 is 11.9 Å². The molecule has 0 saturated heterocycles. The molecule has 0 aliphatic heterocycles. The van der Waals surface area contributed by atoms with Gasteiger partial charge in [-0.05, 0) is 23.8 Å². The van der Waals surface area contributed by atoms with E-state index in [4.69, 9.17) is 10.8 Å². The van der Waals surface area contributed by atoms with Crippen LogP contribution in [-0.4, -0.2) is 23.5 Å². The van der Waals surface area contributed by atoms with Gasteiger partial charge in [0.15, 0.2) is 0 Å². The number of nitrogen functional groups attached to an aromatic ring is 1. The molecule has 0 saturated carbocycles. The second-order valence-electron chi connectivity index (χ2n) is 3.99. The van der Waals surface area contributed by atoms with E-state index in [1.165, 1.54) is 13.0 Å². The topological polar surface area (TPSA) is 92.4 Å². The molecule has 1 aromatic rings. The van der Waals surface area contributed by atoms with E-state index in [-0.39, 0.29) is 12.5 Å². The number of nitrogens with one attached hydrogen (secondary N) is 1. The van der Waals surface area contributed by atoms with Gasteiger partial charge in [-0.2, -0.15) is 0 Å². The average molecular weight is 248 g/mol. The molecule has 0 aromatic heterocycles. The van der Waals surface area contributed by atoms with Gasteiger partial charge in [-0.25, -0.2) is 0 Å². The highest BCUT2D eigenvalue weighted by Gasteiger charge is 2.10. The molecule has 5 heteroatoms. The van der Waals surface area contributed by atoms with Crippen LogP contribution in [0, 0.1) is 5.92 Å². The van der Waals surface area contributed by atoms with E-state index in [1.807, 2.05) is 6.07 Å². The highest BCUT2D eigenvalue weighted by molar-refractivity contribution is 5.92. The summed E-state index contributed by atoms with van der Waals surface area (Å²) in [6, 6.07) is 7.11. The van der Waals surface area contributed by atoms with Crippen molar-refractivity contribution in [2.45, 2.75) is 6.92 Å². The Labute approximate surface area is 105 Å². The fraction of sp³-hybridized carbons (Fsp3) is 0.231. The number of anilines is 1. The molecule has 1 aromatic carbocycles. The number of benzene rings is 1. The standard InChI is InChI=1S/C13H16N2O3/c1-9(13(17)18)8-15-12(16)6-5-10-3-2-4-11(14)7-10/h2-7,9H,8,14H2,1H3,(H,15,16)(H,17,18)/b6-5+. The van der Waals surface area contributed by atoms with Gasteiger partial charge in [-0.1, -0.05) is 19.1 Å². The van der Waals surface area contributed by atoms with Gasteiger partial charge in [0.1, 0.15) is 0 Å². The predicted molar refractivity (Wildman–Crippen MR) is 69.7 cm³/mol. The lowest BCUT2D eigenvalue weighted by atomic mass is 10.2. The van der Waals surface area contributed by atoms with E-state index in [1.54, 1.807) is 24.3 Å². The third-order valence-corrected chi connectivity index (χ3v) is 2.34. The third kappa shape index (κ3) is 4.69. The van der Waals surface area contributed by atoms with Crippen molar-refractivity contribution in [3.05, 3.63) is 35.9 Å². The summed E-state index contributed by atoms with van der Waals surface area (Å²) in [7, 11) is 0. The third-order valence-electron chi connectivity index (χ3n) is 2.34. The van der Waals surface area contributed by atoms with Crippen LogP contribution in [0.15, 0.2) is 30.3 Å². The van der Waals surface area contributed by atoms with E-state index in [9.17, 15) is 9.59 Å². The second kappa shape index (κ2) is 6.44. The lowest BCUT2D eigenvalue weighted by molar-refractivity contribution is -0.141. The van der Waals surface area contributed by atoms with E-state index >= 15 is 0 Å². The monoisotopic (exact) mass is 248 g/mol. The first-order valence-corrected chi connectivity index (χ1v) is 5.53. The Bertz CT molecular complexity index is 469. The highest BCUT2D eigenvalue weighted by Crippen LogP contribution is 2.07. The first-order valence-electron chi connectivity index (χ1n) is 5.53. The Hall–Kier alpha value is -2.30. The minimum Gasteiger partial charge on any atom is -0.481 e. The smallest absolute Gasteiger partial charge is 0.308 e. The molecule has 1 atom stereocenters. The van der Waals surface area contributed by atoms with Crippen molar-refractivity contribution >= 4 is 23.6 Å². The maximum Gasteiger partial charge on any atom is 0.308 e. The van der Waals surface area contributed by atoms with Gasteiger partial charge < -0.3 is 16.2 Å². The lowest BCUT2D eigenvalue weighted by Crippen LogP contribution is -2.30. The summed E-state index contributed by atoms with van der Waals surface area (Å²) < 4.78 is 0. The Morgan fingerprint density at radius 2 is 2.22 bits per heavy atom. The minimum absolute atomic E-state index is 0.107. The molecule has 96 valence electrons. The SMILES string of the molecule is CC(CNC(=O)/C=C/c1cccc(N)c1)C(=O)O. The zero-order chi connectivity index (χ0) is 13.5. The zero-order valence-corrected chi connectivity index (χ0v) is 10.1. The summed E-state index contributed by atoms with van der Waals surface area (Å²) in [6.45, 7) is 1.64. The first-order chi connectivity index (χ1) is 8.49. The number of carboxylic acids is 1. The van der Waals surface area contributed by atoms with Crippen LogP contribution in [-0.2, 0) is 9.59 Å². The molecular formula is C13H16N2O3. The molecule has 0 heterocycles. The number of aliphatic carboxylic acids is 1. The summed E-state index contributed by atoms with van der Waals surface area (Å²) in [4.78, 5) is 22.0. The van der Waals surface area contributed by atoms with Crippen molar-refractivity contribution in [1.29, 1.82) is 0 Å². The molecule has 1 unspecified atom stereocenters. The van der Waals surface area contributed by atoms with Gasteiger partial charge in [-0.3, -0.25) is 9.59 Å². The predicted octanol–water partition coefficient (Wildman–Crippen LogP) is 1.12. The maximum atomic E-state index is 11.4. The molecule has 5 nitrogen and oxygen atoms in total. The van der Waals surface area contributed by atoms with Gasteiger partial charge in [-0.15, -0.1) is 0 Å². The zero-order valence-electron chi connectivity index (χ0n) is 10.1. The number of carboxylic acid groups (broad SMARTS) is 1. The molecule has 0 spiro atoms. The molecular weight excluding hydrogens is 232 g/mol. The molecule has 4 N–H and O–H groups in total. The Morgan fingerprint density at radius 3 is 2.83 bits per heavy atom. The molecule has 0 aliphatic rings. The van der Waals surface area contributed by atoms with Crippen molar-refractivity contribution in [2.24, 2.45) is 5.92 Å². The normalized spacial score (nSPS) is 12.3. The van der Waals surface area contributed by atoms with Gasteiger partial charge in [0, 0.05) is 18.3 Å². The molecule has 0 bridgehead atoms. The van der Waals surface area contributed by atoms with Gasteiger partial charge in [0.2, 0.25) is 5.91 Å². The van der Waals surface area contributed by atoms with E-state index in [2.05, 4.69) is 5.32 Å². The summed E-state index contributed by atoms with van der Waals surface area (Å²) in [5, 5.41) is 11.2. The molecule has 0 aliphatic carbocycles. The number of hydrogen-bond donors (Lipinski definition) is 3. The number of hydrogen-bond acceptors (Lipinski definition) is 3. The fourth-order valence-electron chi connectivity index (χ4n) is 1.23.